The van der Waals surface area contributed by atoms with Crippen LogP contribution >= 0.6 is 23.1 Å². The maximum absolute atomic E-state index is 5.09. The molecule has 0 aliphatic heterocycles. The monoisotopic (exact) mass is 347 g/mol. The SMILES string of the molecule is CCc1cccc(C)c1Nc1nnc(SCc2nc(C)no2)s1. The molecule has 0 fully saturated rings. The van der Waals surface area contributed by atoms with Crippen LogP contribution in [0.15, 0.2) is 27.1 Å². The van der Waals surface area contributed by atoms with E-state index in [2.05, 4.69) is 57.7 Å². The minimum atomic E-state index is 0.597. The standard InChI is InChI=1S/C15H17N5OS2/c1-4-11-7-5-6-9(2)13(11)17-14-18-19-15(23-14)22-8-12-16-10(3)20-21-12/h5-7H,4,8H2,1-3H3,(H,17,18). The fraction of sp³-hybridized carbons (Fsp3) is 0.333. The Hall–Kier alpha value is -1.93. The lowest BCUT2D eigenvalue weighted by atomic mass is 10.1. The topological polar surface area (TPSA) is 76.7 Å². The molecular formula is C15H17N5OS2. The first-order valence-electron chi connectivity index (χ1n) is 7.26. The molecule has 0 saturated carbocycles. The van der Waals surface area contributed by atoms with Crippen LogP contribution in [0, 0.1) is 13.8 Å². The Morgan fingerprint density at radius 2 is 2.13 bits per heavy atom. The van der Waals surface area contributed by atoms with Crippen molar-refractivity contribution < 1.29 is 4.52 Å². The molecule has 6 nitrogen and oxygen atoms in total. The molecule has 0 unspecified atom stereocenters. The zero-order chi connectivity index (χ0) is 16.2. The first-order valence-corrected chi connectivity index (χ1v) is 9.07. The Balaban J connectivity index is 1.68. The summed E-state index contributed by atoms with van der Waals surface area (Å²) in [6.07, 6.45) is 0.973. The molecule has 0 amide bonds. The van der Waals surface area contributed by atoms with Gasteiger partial charge in [-0.1, -0.05) is 53.4 Å². The van der Waals surface area contributed by atoms with Crippen LogP contribution in [0.4, 0.5) is 10.8 Å². The summed E-state index contributed by atoms with van der Waals surface area (Å²) < 4.78 is 5.96. The van der Waals surface area contributed by atoms with Crippen LogP contribution in [0.1, 0.15) is 29.8 Å². The van der Waals surface area contributed by atoms with Crippen molar-refractivity contribution in [1.82, 2.24) is 20.3 Å². The van der Waals surface area contributed by atoms with Crippen molar-refractivity contribution in [3.05, 3.63) is 41.0 Å². The molecule has 8 heteroatoms. The normalized spacial score (nSPS) is 10.9. The maximum atomic E-state index is 5.09. The van der Waals surface area contributed by atoms with Crippen LogP contribution in [-0.4, -0.2) is 20.3 Å². The lowest BCUT2D eigenvalue weighted by Gasteiger charge is -2.11. The van der Waals surface area contributed by atoms with Crippen LogP contribution in [-0.2, 0) is 12.2 Å². The molecule has 3 aromatic rings. The molecule has 0 atom stereocenters. The van der Waals surface area contributed by atoms with Gasteiger partial charge in [0.25, 0.3) is 0 Å². The van der Waals surface area contributed by atoms with Crippen molar-refractivity contribution in [2.75, 3.05) is 5.32 Å². The Bertz CT molecular complexity index is 799. The number of benzene rings is 1. The predicted molar refractivity (Wildman–Crippen MR) is 92.3 cm³/mol. The number of rotatable bonds is 6. The van der Waals surface area contributed by atoms with Gasteiger partial charge in [-0.15, -0.1) is 10.2 Å². The highest BCUT2D eigenvalue weighted by Gasteiger charge is 2.11. The van der Waals surface area contributed by atoms with E-state index in [1.165, 1.54) is 22.5 Å². The lowest BCUT2D eigenvalue weighted by molar-refractivity contribution is 0.387. The van der Waals surface area contributed by atoms with Gasteiger partial charge in [0.2, 0.25) is 11.0 Å². The summed E-state index contributed by atoms with van der Waals surface area (Å²) in [5.74, 6) is 1.84. The molecule has 0 aliphatic carbocycles. The maximum Gasteiger partial charge on any atom is 0.237 e. The number of nitrogens with one attached hydrogen (secondary N) is 1. The van der Waals surface area contributed by atoms with Gasteiger partial charge in [0, 0.05) is 5.69 Å². The first-order chi connectivity index (χ1) is 11.2. The van der Waals surface area contributed by atoms with Gasteiger partial charge in [-0.25, -0.2) is 0 Å². The largest absolute Gasteiger partial charge is 0.338 e. The van der Waals surface area contributed by atoms with E-state index in [9.17, 15) is 0 Å². The Labute approximate surface area is 142 Å². The van der Waals surface area contributed by atoms with Crippen molar-refractivity contribution in [2.24, 2.45) is 0 Å². The second-order valence-electron chi connectivity index (χ2n) is 4.98. The summed E-state index contributed by atoms with van der Waals surface area (Å²) in [6.45, 7) is 6.04. The molecule has 0 aliphatic rings. The van der Waals surface area contributed by atoms with E-state index in [-0.39, 0.29) is 0 Å². The van der Waals surface area contributed by atoms with Crippen molar-refractivity contribution >= 4 is 33.9 Å². The van der Waals surface area contributed by atoms with Gasteiger partial charge in [0.05, 0.1) is 5.75 Å². The molecule has 2 aromatic heterocycles. The minimum absolute atomic E-state index is 0.597. The van der Waals surface area contributed by atoms with E-state index in [0.29, 0.717) is 17.5 Å². The molecule has 0 saturated heterocycles. The molecule has 1 aromatic carbocycles. The second-order valence-corrected chi connectivity index (χ2v) is 7.18. The summed E-state index contributed by atoms with van der Waals surface area (Å²) in [5, 5.41) is 16.4. The zero-order valence-electron chi connectivity index (χ0n) is 13.2. The molecule has 3 rings (SSSR count). The molecule has 23 heavy (non-hydrogen) atoms. The van der Waals surface area contributed by atoms with E-state index in [1.807, 2.05) is 0 Å². The van der Waals surface area contributed by atoms with Gasteiger partial charge in [0.1, 0.15) is 0 Å². The van der Waals surface area contributed by atoms with Gasteiger partial charge in [-0.3, -0.25) is 0 Å². The number of hydrogen-bond acceptors (Lipinski definition) is 8. The minimum Gasteiger partial charge on any atom is -0.338 e. The molecule has 2 heterocycles. The number of aryl methyl sites for hydroxylation is 3. The van der Waals surface area contributed by atoms with Crippen molar-refractivity contribution in [1.29, 1.82) is 0 Å². The van der Waals surface area contributed by atoms with Crippen LogP contribution in [0.25, 0.3) is 0 Å². The molecular weight excluding hydrogens is 330 g/mol. The predicted octanol–water partition coefficient (Wildman–Crippen LogP) is 4.14. The van der Waals surface area contributed by atoms with E-state index in [4.69, 9.17) is 4.52 Å². The van der Waals surface area contributed by atoms with E-state index >= 15 is 0 Å². The highest BCUT2D eigenvalue weighted by Crippen LogP contribution is 2.31. The van der Waals surface area contributed by atoms with Gasteiger partial charge in [-0.05, 0) is 31.4 Å². The highest BCUT2D eigenvalue weighted by atomic mass is 32.2. The third kappa shape index (κ3) is 3.89. The Morgan fingerprint density at radius 1 is 1.26 bits per heavy atom. The summed E-state index contributed by atoms with van der Waals surface area (Å²) >= 11 is 3.06. The van der Waals surface area contributed by atoms with E-state index in [1.54, 1.807) is 18.7 Å². The van der Waals surface area contributed by atoms with E-state index in [0.717, 1.165) is 21.6 Å². The summed E-state index contributed by atoms with van der Waals surface area (Å²) in [4.78, 5) is 4.18. The Kier molecular flexibility index (Phi) is 4.92. The molecule has 0 bridgehead atoms. The number of hydrogen-bond donors (Lipinski definition) is 1. The molecule has 1 N–H and O–H groups in total. The van der Waals surface area contributed by atoms with Crippen LogP contribution in [0.2, 0.25) is 0 Å². The molecule has 0 spiro atoms. The van der Waals surface area contributed by atoms with Crippen molar-refractivity contribution in [2.45, 2.75) is 37.3 Å². The summed E-state index contributed by atoms with van der Waals surface area (Å²) in [5.41, 5.74) is 3.60. The average molecular weight is 347 g/mol. The number of nitrogens with zero attached hydrogens (tertiary/aromatic N) is 4. The van der Waals surface area contributed by atoms with Gasteiger partial charge < -0.3 is 9.84 Å². The fourth-order valence-electron chi connectivity index (χ4n) is 2.15. The highest BCUT2D eigenvalue weighted by molar-refractivity contribution is 8.00. The number of thioether (sulfide) groups is 1. The number of aromatic nitrogens is 4. The summed E-state index contributed by atoms with van der Waals surface area (Å²) in [7, 11) is 0. The number of anilines is 2. The zero-order valence-corrected chi connectivity index (χ0v) is 14.8. The van der Waals surface area contributed by atoms with Crippen molar-refractivity contribution in [3.63, 3.8) is 0 Å². The number of para-hydroxylation sites is 1. The lowest BCUT2D eigenvalue weighted by Crippen LogP contribution is -1.97. The van der Waals surface area contributed by atoms with E-state index < -0.39 is 0 Å². The molecule has 120 valence electrons. The smallest absolute Gasteiger partial charge is 0.237 e. The van der Waals surface area contributed by atoms with Gasteiger partial charge >= 0.3 is 0 Å². The third-order valence-electron chi connectivity index (χ3n) is 3.27. The van der Waals surface area contributed by atoms with Gasteiger partial charge in [0.15, 0.2) is 10.2 Å². The first kappa shape index (κ1) is 15.9. The third-order valence-corrected chi connectivity index (χ3v) is 5.22. The Morgan fingerprint density at radius 3 is 2.87 bits per heavy atom. The summed E-state index contributed by atoms with van der Waals surface area (Å²) in [6, 6.07) is 6.30. The van der Waals surface area contributed by atoms with Crippen LogP contribution in [0.5, 0.6) is 0 Å². The average Bonchev–Trinajstić information content (AvgIpc) is 3.16. The van der Waals surface area contributed by atoms with Crippen LogP contribution < -0.4 is 5.32 Å². The van der Waals surface area contributed by atoms with Crippen molar-refractivity contribution in [3.8, 4) is 0 Å². The fourth-order valence-corrected chi connectivity index (χ4v) is 3.74. The molecule has 0 radical (unpaired) electrons. The quantitative estimate of drug-likeness (QED) is 0.672. The second kappa shape index (κ2) is 7.10. The van der Waals surface area contributed by atoms with Crippen LogP contribution in [0.3, 0.4) is 0 Å². The van der Waals surface area contributed by atoms with Gasteiger partial charge in [-0.2, -0.15) is 4.98 Å².